The quantitative estimate of drug-likeness (QED) is 0.768. The smallest absolute Gasteiger partial charge is 0.220 e. The highest BCUT2D eigenvalue weighted by atomic mass is 16.1. The molecule has 1 saturated heterocycles. The van der Waals surface area contributed by atoms with Crippen LogP contribution in [0.1, 0.15) is 51.4 Å². The molecule has 2 N–H and O–H groups in total. The summed E-state index contributed by atoms with van der Waals surface area (Å²) in [6, 6.07) is 0.379. The van der Waals surface area contributed by atoms with Gasteiger partial charge >= 0.3 is 0 Å². The molecule has 0 aromatic carbocycles. The van der Waals surface area contributed by atoms with Gasteiger partial charge in [0.1, 0.15) is 0 Å². The molecule has 1 aliphatic carbocycles. The van der Waals surface area contributed by atoms with E-state index >= 15 is 0 Å². The molecule has 2 fully saturated rings. The second-order valence-electron chi connectivity index (χ2n) is 5.32. The molecule has 16 heavy (non-hydrogen) atoms. The van der Waals surface area contributed by atoms with E-state index in [9.17, 15) is 4.79 Å². The van der Waals surface area contributed by atoms with Gasteiger partial charge in [-0.25, -0.2) is 0 Å². The maximum absolute atomic E-state index is 11.8. The fourth-order valence-corrected chi connectivity index (χ4v) is 2.92. The van der Waals surface area contributed by atoms with Crippen molar-refractivity contribution in [2.75, 3.05) is 13.1 Å². The molecule has 1 aliphatic heterocycles. The number of rotatable bonds is 3. The highest BCUT2D eigenvalue weighted by Gasteiger charge is 2.20. The lowest BCUT2D eigenvalue weighted by Gasteiger charge is -2.26. The van der Waals surface area contributed by atoms with Gasteiger partial charge in [0.2, 0.25) is 5.91 Å². The summed E-state index contributed by atoms with van der Waals surface area (Å²) in [4.78, 5) is 11.8. The van der Waals surface area contributed by atoms with Crippen LogP contribution in [0.5, 0.6) is 0 Å². The summed E-state index contributed by atoms with van der Waals surface area (Å²) in [5.41, 5.74) is 0. The molecule has 0 radical (unpaired) electrons. The molecule has 2 rings (SSSR count). The molecule has 0 aromatic rings. The average Bonchev–Trinajstić information content (AvgIpc) is 2.31. The van der Waals surface area contributed by atoms with Gasteiger partial charge in [0.05, 0.1) is 0 Å². The van der Waals surface area contributed by atoms with Crippen LogP contribution in [0.3, 0.4) is 0 Å². The van der Waals surface area contributed by atoms with Crippen molar-refractivity contribution >= 4 is 5.91 Å². The van der Waals surface area contributed by atoms with Crippen molar-refractivity contribution in [3.05, 3.63) is 0 Å². The molecule has 3 nitrogen and oxygen atoms in total. The molecular formula is C13H24N2O. The summed E-state index contributed by atoms with van der Waals surface area (Å²) in [6.45, 7) is 2.06. The Labute approximate surface area is 98.4 Å². The summed E-state index contributed by atoms with van der Waals surface area (Å²) >= 11 is 0. The number of hydrogen-bond donors (Lipinski definition) is 2. The first kappa shape index (κ1) is 11.9. The van der Waals surface area contributed by atoms with Crippen molar-refractivity contribution in [2.24, 2.45) is 5.92 Å². The first-order chi connectivity index (χ1) is 7.84. The molecule has 0 bridgehead atoms. The molecule has 1 heterocycles. The topological polar surface area (TPSA) is 41.1 Å². The molecular weight excluding hydrogens is 200 g/mol. The van der Waals surface area contributed by atoms with Crippen molar-refractivity contribution in [3.8, 4) is 0 Å². The SMILES string of the molecule is O=C(CC1CCCCC1)N[C@@H]1CCCNC1. The van der Waals surface area contributed by atoms with Crippen LogP contribution in [0, 0.1) is 5.92 Å². The first-order valence-electron chi connectivity index (χ1n) is 6.84. The van der Waals surface area contributed by atoms with Gasteiger partial charge in [-0.3, -0.25) is 4.79 Å². The van der Waals surface area contributed by atoms with Crippen molar-refractivity contribution in [3.63, 3.8) is 0 Å². The minimum Gasteiger partial charge on any atom is -0.352 e. The first-order valence-corrected chi connectivity index (χ1v) is 6.84. The molecule has 0 spiro atoms. The van der Waals surface area contributed by atoms with Gasteiger partial charge in [-0.2, -0.15) is 0 Å². The highest BCUT2D eigenvalue weighted by molar-refractivity contribution is 5.76. The normalized spacial score (nSPS) is 27.6. The molecule has 1 amide bonds. The van der Waals surface area contributed by atoms with Gasteiger partial charge in [-0.05, 0) is 38.1 Å². The molecule has 3 heteroatoms. The number of amides is 1. The van der Waals surface area contributed by atoms with Crippen LogP contribution in [-0.4, -0.2) is 25.0 Å². The lowest BCUT2D eigenvalue weighted by atomic mass is 9.87. The lowest BCUT2D eigenvalue weighted by Crippen LogP contribution is -2.46. The molecule has 0 unspecified atom stereocenters. The Kier molecular flexibility index (Phi) is 4.64. The van der Waals surface area contributed by atoms with Crippen LogP contribution in [0.15, 0.2) is 0 Å². The Bertz CT molecular complexity index is 196. The van der Waals surface area contributed by atoms with E-state index in [0.717, 1.165) is 25.9 Å². The van der Waals surface area contributed by atoms with Crippen LogP contribution in [0.25, 0.3) is 0 Å². The second kappa shape index (κ2) is 6.24. The van der Waals surface area contributed by atoms with E-state index in [-0.39, 0.29) is 5.91 Å². The van der Waals surface area contributed by atoms with Crippen LogP contribution in [0.2, 0.25) is 0 Å². The highest BCUT2D eigenvalue weighted by Crippen LogP contribution is 2.26. The predicted molar refractivity (Wildman–Crippen MR) is 65.2 cm³/mol. The number of carbonyl (C=O) groups excluding carboxylic acids is 1. The van der Waals surface area contributed by atoms with E-state index in [4.69, 9.17) is 0 Å². The van der Waals surface area contributed by atoms with E-state index in [1.54, 1.807) is 0 Å². The fourth-order valence-electron chi connectivity index (χ4n) is 2.92. The van der Waals surface area contributed by atoms with E-state index in [1.807, 2.05) is 0 Å². The van der Waals surface area contributed by atoms with Gasteiger partial charge in [0, 0.05) is 19.0 Å². The Morgan fingerprint density at radius 3 is 2.62 bits per heavy atom. The minimum absolute atomic E-state index is 0.278. The molecule has 92 valence electrons. The third kappa shape index (κ3) is 3.78. The van der Waals surface area contributed by atoms with Crippen LogP contribution in [0.4, 0.5) is 0 Å². The van der Waals surface area contributed by atoms with Gasteiger partial charge < -0.3 is 10.6 Å². The summed E-state index contributed by atoms with van der Waals surface area (Å²) < 4.78 is 0. The molecule has 0 aromatic heterocycles. The third-order valence-corrected chi connectivity index (χ3v) is 3.86. The zero-order valence-corrected chi connectivity index (χ0v) is 10.1. The maximum Gasteiger partial charge on any atom is 0.220 e. The van der Waals surface area contributed by atoms with Crippen molar-refractivity contribution in [1.29, 1.82) is 0 Å². The Hall–Kier alpha value is -0.570. The van der Waals surface area contributed by atoms with Gasteiger partial charge in [0.25, 0.3) is 0 Å². The second-order valence-corrected chi connectivity index (χ2v) is 5.32. The molecule has 1 atom stereocenters. The largest absolute Gasteiger partial charge is 0.352 e. The Balaban J connectivity index is 1.66. The standard InChI is InChI=1S/C13H24N2O/c16-13(9-11-5-2-1-3-6-11)15-12-7-4-8-14-10-12/h11-12,14H,1-10H2,(H,15,16)/t12-/m1/s1. The van der Waals surface area contributed by atoms with Crippen molar-refractivity contribution in [2.45, 2.75) is 57.4 Å². The number of nitrogens with one attached hydrogen (secondary N) is 2. The molecule has 2 aliphatic rings. The fraction of sp³-hybridized carbons (Fsp3) is 0.923. The van der Waals surface area contributed by atoms with E-state index in [0.29, 0.717) is 12.0 Å². The third-order valence-electron chi connectivity index (χ3n) is 3.86. The Morgan fingerprint density at radius 2 is 1.94 bits per heavy atom. The summed E-state index contributed by atoms with van der Waals surface area (Å²) in [5, 5.41) is 6.49. The molecule has 1 saturated carbocycles. The summed E-state index contributed by atoms with van der Waals surface area (Å²) in [5.74, 6) is 0.936. The number of carbonyl (C=O) groups is 1. The average molecular weight is 224 g/mol. The number of hydrogen-bond acceptors (Lipinski definition) is 2. The van der Waals surface area contributed by atoms with Crippen LogP contribution < -0.4 is 10.6 Å². The summed E-state index contributed by atoms with van der Waals surface area (Å²) in [6.07, 6.45) is 9.62. The zero-order valence-electron chi connectivity index (χ0n) is 10.1. The van der Waals surface area contributed by atoms with Crippen molar-refractivity contribution < 1.29 is 4.79 Å². The van der Waals surface area contributed by atoms with E-state index in [2.05, 4.69) is 10.6 Å². The van der Waals surface area contributed by atoms with E-state index in [1.165, 1.54) is 38.5 Å². The van der Waals surface area contributed by atoms with Crippen molar-refractivity contribution in [1.82, 2.24) is 10.6 Å². The zero-order chi connectivity index (χ0) is 11.2. The summed E-state index contributed by atoms with van der Waals surface area (Å²) in [7, 11) is 0. The lowest BCUT2D eigenvalue weighted by molar-refractivity contribution is -0.123. The monoisotopic (exact) mass is 224 g/mol. The van der Waals surface area contributed by atoms with E-state index < -0.39 is 0 Å². The van der Waals surface area contributed by atoms with Gasteiger partial charge in [-0.1, -0.05) is 19.3 Å². The Morgan fingerprint density at radius 1 is 1.12 bits per heavy atom. The van der Waals surface area contributed by atoms with Crippen LogP contribution in [-0.2, 0) is 4.79 Å². The maximum atomic E-state index is 11.8. The predicted octanol–water partition coefficient (Wildman–Crippen LogP) is 1.82. The number of piperidine rings is 1. The minimum atomic E-state index is 0.278. The van der Waals surface area contributed by atoms with Crippen LogP contribution >= 0.6 is 0 Å². The van der Waals surface area contributed by atoms with Gasteiger partial charge in [0.15, 0.2) is 0 Å². The van der Waals surface area contributed by atoms with Gasteiger partial charge in [-0.15, -0.1) is 0 Å².